The maximum Gasteiger partial charge on any atom is 0.255 e. The van der Waals surface area contributed by atoms with E-state index in [9.17, 15) is 4.79 Å². The molecule has 4 atom stereocenters. The topological polar surface area (TPSA) is 29.5 Å². The average molecular weight is 263 g/mol. The van der Waals surface area contributed by atoms with Crippen LogP contribution in [0.2, 0.25) is 0 Å². The Kier molecular flexibility index (Phi) is 2.27. The number of nitrogens with zero attached hydrogens (tertiary/aromatic N) is 1. The van der Waals surface area contributed by atoms with E-state index in [1.807, 2.05) is 0 Å². The number of likely N-dealkylation sites (tertiary alicyclic amines) is 1. The van der Waals surface area contributed by atoms with E-state index in [0.29, 0.717) is 11.8 Å². The summed E-state index contributed by atoms with van der Waals surface area (Å²) in [5.41, 5.74) is -0.139. The summed E-state index contributed by atoms with van der Waals surface area (Å²) in [6.07, 6.45) is 7.06. The molecule has 2 aliphatic heterocycles. The first-order chi connectivity index (χ1) is 9.04. The van der Waals surface area contributed by atoms with Crippen LogP contribution in [-0.2, 0) is 9.53 Å². The van der Waals surface area contributed by atoms with Crippen LogP contribution in [0.5, 0.6) is 0 Å². The summed E-state index contributed by atoms with van der Waals surface area (Å²) in [5.74, 6) is 1.03. The smallest absolute Gasteiger partial charge is 0.255 e. The summed E-state index contributed by atoms with van der Waals surface area (Å²) < 4.78 is 6.20. The highest BCUT2D eigenvalue weighted by Crippen LogP contribution is 2.75. The van der Waals surface area contributed by atoms with E-state index in [1.165, 1.54) is 32.1 Å². The number of hydrogen-bond acceptors (Lipinski definition) is 2. The van der Waals surface area contributed by atoms with Gasteiger partial charge in [0, 0.05) is 23.9 Å². The Bertz CT molecular complexity index is 430. The van der Waals surface area contributed by atoms with Crippen molar-refractivity contribution in [3.05, 3.63) is 0 Å². The highest BCUT2D eigenvalue weighted by molar-refractivity contribution is 5.88. The minimum atomic E-state index is -0.470. The van der Waals surface area contributed by atoms with Crippen LogP contribution in [0, 0.1) is 16.7 Å². The van der Waals surface area contributed by atoms with Gasteiger partial charge in [-0.15, -0.1) is 0 Å². The summed E-state index contributed by atoms with van der Waals surface area (Å²) in [7, 11) is 0. The molecule has 4 fully saturated rings. The van der Waals surface area contributed by atoms with Crippen molar-refractivity contribution >= 4 is 5.91 Å². The molecular formula is C16H25NO2. The standard InChI is InChI=1S/C16H25NO2/c1-14-11-19-16(10-12(14)6-7-15(14,16)2)13(18)17-8-4-3-5-9-17/h12H,3-11H2,1-2H3. The molecular weight excluding hydrogens is 238 g/mol. The van der Waals surface area contributed by atoms with Gasteiger partial charge in [0.1, 0.15) is 0 Å². The van der Waals surface area contributed by atoms with E-state index in [0.717, 1.165) is 26.1 Å². The van der Waals surface area contributed by atoms with Crippen molar-refractivity contribution in [3.8, 4) is 0 Å². The predicted octanol–water partition coefficient (Wildman–Crippen LogP) is 2.59. The van der Waals surface area contributed by atoms with Gasteiger partial charge in [-0.1, -0.05) is 13.8 Å². The largest absolute Gasteiger partial charge is 0.364 e. The molecule has 0 spiro atoms. The Morgan fingerprint density at radius 1 is 1.21 bits per heavy atom. The zero-order valence-electron chi connectivity index (χ0n) is 12.2. The summed E-state index contributed by atoms with van der Waals surface area (Å²) in [6.45, 7) is 7.38. The quantitative estimate of drug-likeness (QED) is 0.728. The molecule has 4 unspecified atom stereocenters. The fraction of sp³-hybridized carbons (Fsp3) is 0.938. The van der Waals surface area contributed by atoms with Gasteiger partial charge in [0.2, 0.25) is 0 Å². The molecule has 2 saturated carbocycles. The zero-order chi connectivity index (χ0) is 13.3. The van der Waals surface area contributed by atoms with Gasteiger partial charge in [-0.3, -0.25) is 4.79 Å². The van der Waals surface area contributed by atoms with E-state index >= 15 is 0 Å². The van der Waals surface area contributed by atoms with E-state index in [1.54, 1.807) is 0 Å². The fourth-order valence-electron chi connectivity index (χ4n) is 5.59. The molecule has 4 aliphatic rings. The highest BCUT2D eigenvalue weighted by Gasteiger charge is 2.78. The Hall–Kier alpha value is -0.570. The molecule has 2 saturated heterocycles. The van der Waals surface area contributed by atoms with Crippen LogP contribution in [-0.4, -0.2) is 36.1 Å². The molecule has 1 amide bonds. The highest BCUT2D eigenvalue weighted by atomic mass is 16.5. The van der Waals surface area contributed by atoms with Crippen molar-refractivity contribution < 1.29 is 9.53 Å². The minimum absolute atomic E-state index is 0.0825. The number of rotatable bonds is 1. The Labute approximate surface area is 115 Å². The van der Waals surface area contributed by atoms with Crippen molar-refractivity contribution in [1.82, 2.24) is 4.90 Å². The number of ether oxygens (including phenoxy) is 1. The van der Waals surface area contributed by atoms with Crippen LogP contribution in [0.3, 0.4) is 0 Å². The van der Waals surface area contributed by atoms with E-state index in [2.05, 4.69) is 18.7 Å². The average Bonchev–Trinajstić information content (AvgIpc) is 2.91. The molecule has 2 heterocycles. The van der Waals surface area contributed by atoms with Crippen molar-refractivity contribution in [2.24, 2.45) is 16.7 Å². The molecule has 0 N–H and O–H groups in total. The lowest BCUT2D eigenvalue weighted by molar-refractivity contribution is -0.168. The fourth-order valence-corrected chi connectivity index (χ4v) is 5.59. The predicted molar refractivity (Wildman–Crippen MR) is 72.7 cm³/mol. The van der Waals surface area contributed by atoms with Crippen LogP contribution in [0.25, 0.3) is 0 Å². The zero-order valence-corrected chi connectivity index (χ0v) is 12.2. The van der Waals surface area contributed by atoms with Crippen LogP contribution in [0.1, 0.15) is 52.4 Å². The number of hydrogen-bond donors (Lipinski definition) is 0. The SMILES string of the molecule is CC12COC3(C(=O)N4CCCCC4)CC1CCC32C. The van der Waals surface area contributed by atoms with Gasteiger partial charge in [0.05, 0.1) is 6.61 Å². The van der Waals surface area contributed by atoms with Crippen LogP contribution < -0.4 is 0 Å². The van der Waals surface area contributed by atoms with Gasteiger partial charge in [0.15, 0.2) is 5.60 Å². The van der Waals surface area contributed by atoms with Gasteiger partial charge in [-0.05, 0) is 44.4 Å². The Balaban J connectivity index is 1.69. The normalized spacial score (nSPS) is 51.9. The molecule has 4 rings (SSSR count). The number of carbonyl (C=O) groups excluding carboxylic acids is 1. The Morgan fingerprint density at radius 2 is 1.95 bits per heavy atom. The molecule has 2 aliphatic carbocycles. The minimum Gasteiger partial charge on any atom is -0.364 e. The van der Waals surface area contributed by atoms with E-state index in [-0.39, 0.29) is 10.8 Å². The molecule has 19 heavy (non-hydrogen) atoms. The van der Waals surface area contributed by atoms with Crippen molar-refractivity contribution in [3.63, 3.8) is 0 Å². The number of amides is 1. The van der Waals surface area contributed by atoms with Crippen molar-refractivity contribution in [2.75, 3.05) is 19.7 Å². The van der Waals surface area contributed by atoms with E-state index in [4.69, 9.17) is 4.74 Å². The van der Waals surface area contributed by atoms with Gasteiger partial charge < -0.3 is 9.64 Å². The third-order valence-corrected chi connectivity index (χ3v) is 7.19. The van der Waals surface area contributed by atoms with Gasteiger partial charge in [0.25, 0.3) is 5.91 Å². The van der Waals surface area contributed by atoms with Crippen molar-refractivity contribution in [2.45, 2.75) is 58.0 Å². The third-order valence-electron chi connectivity index (χ3n) is 7.19. The van der Waals surface area contributed by atoms with Gasteiger partial charge in [-0.25, -0.2) is 0 Å². The molecule has 3 nitrogen and oxygen atoms in total. The van der Waals surface area contributed by atoms with Gasteiger partial charge >= 0.3 is 0 Å². The first kappa shape index (κ1) is 12.2. The summed E-state index contributed by atoms with van der Waals surface area (Å²) >= 11 is 0. The maximum atomic E-state index is 13.1. The van der Waals surface area contributed by atoms with Crippen LogP contribution in [0.4, 0.5) is 0 Å². The second kappa shape index (κ2) is 3.55. The summed E-state index contributed by atoms with van der Waals surface area (Å²) in [4.78, 5) is 15.2. The monoisotopic (exact) mass is 263 g/mol. The lowest BCUT2D eigenvalue weighted by atomic mass is 9.65. The number of piperidine rings is 1. The first-order valence-corrected chi connectivity index (χ1v) is 7.97. The molecule has 3 heteroatoms. The third kappa shape index (κ3) is 1.17. The van der Waals surface area contributed by atoms with Crippen LogP contribution in [0.15, 0.2) is 0 Å². The second-order valence-electron chi connectivity index (χ2n) is 7.66. The molecule has 0 radical (unpaired) electrons. The molecule has 4 bridgehead atoms. The number of carbonyl (C=O) groups is 1. The van der Waals surface area contributed by atoms with E-state index < -0.39 is 5.60 Å². The lowest BCUT2D eigenvalue weighted by Gasteiger charge is -2.43. The summed E-state index contributed by atoms with van der Waals surface area (Å²) in [6, 6.07) is 0. The van der Waals surface area contributed by atoms with Crippen molar-refractivity contribution in [1.29, 1.82) is 0 Å². The first-order valence-electron chi connectivity index (χ1n) is 7.97. The molecule has 0 aromatic carbocycles. The Morgan fingerprint density at radius 3 is 2.58 bits per heavy atom. The van der Waals surface area contributed by atoms with Crippen LogP contribution >= 0.6 is 0 Å². The molecule has 0 aromatic rings. The molecule has 0 aromatic heterocycles. The summed E-state index contributed by atoms with van der Waals surface area (Å²) in [5, 5.41) is 0. The lowest BCUT2D eigenvalue weighted by Crippen LogP contribution is -2.57. The molecule has 106 valence electrons. The maximum absolute atomic E-state index is 13.1. The second-order valence-corrected chi connectivity index (χ2v) is 7.66. The van der Waals surface area contributed by atoms with Gasteiger partial charge in [-0.2, -0.15) is 0 Å².